The highest BCUT2D eigenvalue weighted by Gasteiger charge is 2.29. The van der Waals surface area contributed by atoms with Gasteiger partial charge in [0.2, 0.25) is 0 Å². The van der Waals surface area contributed by atoms with Crippen molar-refractivity contribution in [3.05, 3.63) is 29.5 Å². The van der Waals surface area contributed by atoms with Crippen molar-refractivity contribution in [3.63, 3.8) is 0 Å². The van der Waals surface area contributed by atoms with Crippen molar-refractivity contribution in [1.82, 2.24) is 9.78 Å². The molecular formula is C17H24N2. The minimum atomic E-state index is 0.486. The lowest BCUT2D eigenvalue weighted by Crippen LogP contribution is -2.05. The first-order valence-electron chi connectivity index (χ1n) is 7.63. The quantitative estimate of drug-likeness (QED) is 0.752. The Morgan fingerprint density at radius 3 is 2.58 bits per heavy atom. The molecule has 102 valence electrons. The molecule has 0 N–H and O–H groups in total. The largest absolute Gasteiger partial charge is 0.262 e. The van der Waals surface area contributed by atoms with E-state index in [-0.39, 0.29) is 0 Å². The molecule has 0 aliphatic heterocycles. The zero-order chi connectivity index (χ0) is 13.6. The van der Waals surface area contributed by atoms with Gasteiger partial charge in [0.05, 0.1) is 11.2 Å². The van der Waals surface area contributed by atoms with Crippen molar-refractivity contribution in [2.45, 2.75) is 64.8 Å². The average molecular weight is 256 g/mol. The van der Waals surface area contributed by atoms with Gasteiger partial charge in [0.15, 0.2) is 0 Å². The summed E-state index contributed by atoms with van der Waals surface area (Å²) >= 11 is 0. The third-order valence-electron chi connectivity index (χ3n) is 4.40. The normalized spacial score (nSPS) is 17.3. The molecule has 1 saturated carbocycles. The molecule has 1 fully saturated rings. The second kappa shape index (κ2) is 4.66. The van der Waals surface area contributed by atoms with Crippen molar-refractivity contribution in [1.29, 1.82) is 0 Å². The Balaban J connectivity index is 2.18. The van der Waals surface area contributed by atoms with Crippen LogP contribution in [0, 0.1) is 0 Å². The molecule has 0 spiro atoms. The fourth-order valence-electron chi connectivity index (χ4n) is 2.71. The van der Waals surface area contributed by atoms with Crippen LogP contribution >= 0.6 is 0 Å². The van der Waals surface area contributed by atoms with Crippen molar-refractivity contribution in [2.24, 2.45) is 0 Å². The Hall–Kier alpha value is -1.31. The molecule has 2 aromatic rings. The third kappa shape index (κ3) is 2.18. The van der Waals surface area contributed by atoms with E-state index in [9.17, 15) is 0 Å². The second-order valence-corrected chi connectivity index (χ2v) is 6.29. The number of benzene rings is 1. The first-order valence-corrected chi connectivity index (χ1v) is 7.63. The summed E-state index contributed by atoms with van der Waals surface area (Å²) in [5.41, 5.74) is 4.09. The van der Waals surface area contributed by atoms with Gasteiger partial charge < -0.3 is 0 Å². The summed E-state index contributed by atoms with van der Waals surface area (Å²) in [5, 5.41) is 6.34. The summed E-state index contributed by atoms with van der Waals surface area (Å²) < 4.78 is 2.24. The summed E-state index contributed by atoms with van der Waals surface area (Å²) in [6.45, 7) is 9.02. The number of rotatable bonds is 4. The van der Waals surface area contributed by atoms with Gasteiger partial charge in [0.25, 0.3) is 0 Å². The van der Waals surface area contributed by atoms with Crippen molar-refractivity contribution >= 4 is 10.9 Å². The summed E-state index contributed by atoms with van der Waals surface area (Å²) in [7, 11) is 0. The van der Waals surface area contributed by atoms with Crippen LogP contribution < -0.4 is 0 Å². The molecule has 19 heavy (non-hydrogen) atoms. The predicted octanol–water partition coefficient (Wildman–Crippen LogP) is 5.01. The van der Waals surface area contributed by atoms with Gasteiger partial charge >= 0.3 is 0 Å². The maximum absolute atomic E-state index is 4.94. The highest BCUT2D eigenvalue weighted by Crippen LogP contribution is 2.43. The van der Waals surface area contributed by atoms with Crippen LogP contribution in [0.3, 0.4) is 0 Å². The molecule has 0 radical (unpaired) electrons. The Morgan fingerprint density at radius 1 is 1.26 bits per heavy atom. The van der Waals surface area contributed by atoms with E-state index in [1.165, 1.54) is 35.0 Å². The summed E-state index contributed by atoms with van der Waals surface area (Å²) in [5.74, 6) is 1.30. The maximum Gasteiger partial charge on any atom is 0.0734 e. The predicted molar refractivity (Wildman–Crippen MR) is 80.8 cm³/mol. The minimum Gasteiger partial charge on any atom is -0.262 e. The van der Waals surface area contributed by atoms with E-state index < -0.39 is 0 Å². The number of aromatic nitrogens is 2. The first-order chi connectivity index (χ1) is 9.11. The van der Waals surface area contributed by atoms with Crippen molar-refractivity contribution in [2.75, 3.05) is 0 Å². The Labute approximate surface area is 115 Å². The van der Waals surface area contributed by atoms with E-state index in [2.05, 4.69) is 50.6 Å². The molecule has 0 amide bonds. The fraction of sp³-hybridized carbons (Fsp3) is 0.588. The van der Waals surface area contributed by atoms with E-state index in [1.54, 1.807) is 0 Å². The lowest BCUT2D eigenvalue weighted by molar-refractivity contribution is 0.488. The molecule has 2 nitrogen and oxygen atoms in total. The number of fused-ring (bicyclic) bond motifs is 1. The van der Waals surface area contributed by atoms with Gasteiger partial charge in [0.1, 0.15) is 0 Å². The van der Waals surface area contributed by atoms with Gasteiger partial charge in [-0.15, -0.1) is 0 Å². The SMILES string of the molecule is CC[C@H](C)n1nc(C2CC2)c2cc(C(C)C)ccc21. The van der Waals surface area contributed by atoms with E-state index >= 15 is 0 Å². The Bertz CT molecular complexity index is 591. The lowest BCUT2D eigenvalue weighted by Gasteiger charge is -2.11. The van der Waals surface area contributed by atoms with Crippen LogP contribution in [0.1, 0.15) is 76.1 Å². The van der Waals surface area contributed by atoms with Crippen LogP contribution in [0.2, 0.25) is 0 Å². The highest BCUT2D eigenvalue weighted by molar-refractivity contribution is 5.84. The van der Waals surface area contributed by atoms with E-state index in [1.807, 2.05) is 0 Å². The Morgan fingerprint density at radius 2 is 2.00 bits per heavy atom. The lowest BCUT2D eigenvalue weighted by atomic mass is 10.00. The van der Waals surface area contributed by atoms with Crippen LogP contribution in [0.25, 0.3) is 10.9 Å². The first kappa shape index (κ1) is 12.7. The standard InChI is InChI=1S/C17H24N2/c1-5-12(4)19-16-9-8-14(11(2)3)10-15(16)17(18-19)13-6-7-13/h8-13H,5-7H2,1-4H3/t12-/m0/s1. The van der Waals surface area contributed by atoms with Crippen LogP contribution in [0.5, 0.6) is 0 Å². The van der Waals surface area contributed by atoms with Crippen molar-refractivity contribution < 1.29 is 0 Å². The molecule has 1 heterocycles. The van der Waals surface area contributed by atoms with E-state index in [4.69, 9.17) is 5.10 Å². The third-order valence-corrected chi connectivity index (χ3v) is 4.40. The summed E-state index contributed by atoms with van der Waals surface area (Å²) in [4.78, 5) is 0. The Kier molecular flexibility index (Phi) is 3.12. The van der Waals surface area contributed by atoms with Crippen LogP contribution in [-0.2, 0) is 0 Å². The molecule has 3 rings (SSSR count). The van der Waals surface area contributed by atoms with Crippen LogP contribution in [0.15, 0.2) is 18.2 Å². The molecule has 2 heteroatoms. The molecule has 0 saturated heterocycles. The molecule has 0 unspecified atom stereocenters. The second-order valence-electron chi connectivity index (χ2n) is 6.29. The van der Waals surface area contributed by atoms with E-state index in [0.717, 1.165) is 12.3 Å². The monoisotopic (exact) mass is 256 g/mol. The molecular weight excluding hydrogens is 232 g/mol. The molecule has 1 atom stereocenters. The number of hydrogen-bond donors (Lipinski definition) is 0. The topological polar surface area (TPSA) is 17.8 Å². The molecule has 0 bridgehead atoms. The van der Waals surface area contributed by atoms with Crippen LogP contribution in [-0.4, -0.2) is 9.78 Å². The number of nitrogens with zero attached hydrogens (tertiary/aromatic N) is 2. The van der Waals surface area contributed by atoms with E-state index in [0.29, 0.717) is 12.0 Å². The van der Waals surface area contributed by atoms with Gasteiger partial charge in [-0.1, -0.05) is 26.8 Å². The fourth-order valence-corrected chi connectivity index (χ4v) is 2.71. The van der Waals surface area contributed by atoms with Crippen molar-refractivity contribution in [3.8, 4) is 0 Å². The van der Waals surface area contributed by atoms with Gasteiger partial charge in [-0.05, 0) is 49.8 Å². The van der Waals surface area contributed by atoms with Gasteiger partial charge in [-0.3, -0.25) is 4.68 Å². The minimum absolute atomic E-state index is 0.486. The van der Waals surface area contributed by atoms with Gasteiger partial charge in [-0.25, -0.2) is 0 Å². The molecule has 1 aliphatic rings. The average Bonchev–Trinajstić information content (AvgIpc) is 3.18. The molecule has 1 aromatic heterocycles. The highest BCUT2D eigenvalue weighted by atomic mass is 15.3. The zero-order valence-corrected chi connectivity index (χ0v) is 12.5. The summed E-state index contributed by atoms with van der Waals surface area (Å²) in [6, 6.07) is 7.40. The maximum atomic E-state index is 4.94. The molecule has 1 aromatic carbocycles. The molecule has 1 aliphatic carbocycles. The summed E-state index contributed by atoms with van der Waals surface area (Å²) in [6.07, 6.45) is 3.77. The van der Waals surface area contributed by atoms with Crippen LogP contribution in [0.4, 0.5) is 0 Å². The van der Waals surface area contributed by atoms with Gasteiger partial charge in [0, 0.05) is 17.3 Å². The van der Waals surface area contributed by atoms with Gasteiger partial charge in [-0.2, -0.15) is 5.10 Å². The number of hydrogen-bond acceptors (Lipinski definition) is 1. The smallest absolute Gasteiger partial charge is 0.0734 e. The zero-order valence-electron chi connectivity index (χ0n) is 12.5.